The Morgan fingerprint density at radius 2 is 2.00 bits per heavy atom. The van der Waals surface area contributed by atoms with E-state index in [0.717, 1.165) is 42.1 Å². The van der Waals surface area contributed by atoms with Crippen LogP contribution in [0.15, 0.2) is 61.2 Å². The number of carbonyl (C=O) groups is 1. The zero-order valence-electron chi connectivity index (χ0n) is 17.4. The lowest BCUT2D eigenvalue weighted by Gasteiger charge is -2.52. The lowest BCUT2D eigenvalue weighted by molar-refractivity contribution is -0.131. The minimum Gasteiger partial charge on any atom is -0.378 e. The maximum absolute atomic E-state index is 12.4. The van der Waals surface area contributed by atoms with Gasteiger partial charge < -0.3 is 10.1 Å². The maximum atomic E-state index is 12.4. The zero-order valence-corrected chi connectivity index (χ0v) is 17.4. The van der Waals surface area contributed by atoms with Crippen molar-refractivity contribution < 1.29 is 9.53 Å². The highest BCUT2D eigenvalue weighted by atomic mass is 16.5. The Hall–Kier alpha value is -3.29. The first-order valence-electron chi connectivity index (χ1n) is 10.5. The molecule has 31 heavy (non-hydrogen) atoms. The van der Waals surface area contributed by atoms with Crippen molar-refractivity contribution in [2.24, 2.45) is 7.05 Å². The molecule has 0 spiro atoms. The molecule has 2 bridgehead atoms. The summed E-state index contributed by atoms with van der Waals surface area (Å²) in [6.45, 7) is 2.62. The summed E-state index contributed by atoms with van der Waals surface area (Å²) >= 11 is 0. The van der Waals surface area contributed by atoms with E-state index in [2.05, 4.69) is 32.4 Å². The Morgan fingerprint density at radius 1 is 1.19 bits per heavy atom. The van der Waals surface area contributed by atoms with Gasteiger partial charge in [-0.25, -0.2) is 0 Å². The monoisotopic (exact) mass is 415 g/mol. The highest BCUT2D eigenvalue weighted by molar-refractivity contribution is 6.02. The first-order valence-corrected chi connectivity index (χ1v) is 10.5. The number of anilines is 1. The molecule has 0 aliphatic carbocycles. The van der Waals surface area contributed by atoms with Gasteiger partial charge in [0.25, 0.3) is 0 Å². The number of rotatable bonds is 6. The molecule has 7 heteroatoms. The first kappa shape index (κ1) is 19.7. The number of carbonyl (C=O) groups excluding carboxylic acids is 1. The summed E-state index contributed by atoms with van der Waals surface area (Å²) in [5.74, 6) is -0.178. The standard InChI is InChI=1S/C24H25N5O2/c1-28-14-19(12-26-28)23-8-9-25-11-18(23)4-7-24(30)27-20-5-2-17(3-6-20)13-29-21-10-22(29)16-31-15-21/h2-9,11-12,14,21-22H,10,13,15-16H2,1H3,(H,27,30). The third kappa shape index (κ3) is 4.28. The largest absolute Gasteiger partial charge is 0.378 e. The van der Waals surface area contributed by atoms with E-state index in [1.54, 1.807) is 29.3 Å². The van der Waals surface area contributed by atoms with Crippen molar-refractivity contribution in [1.29, 1.82) is 0 Å². The van der Waals surface area contributed by atoms with Crippen LogP contribution in [0.5, 0.6) is 0 Å². The molecule has 158 valence electrons. The molecule has 1 aromatic carbocycles. The van der Waals surface area contributed by atoms with Crippen molar-refractivity contribution >= 4 is 17.7 Å². The molecule has 5 rings (SSSR count). The van der Waals surface area contributed by atoms with Gasteiger partial charge in [-0.2, -0.15) is 5.10 Å². The van der Waals surface area contributed by atoms with Gasteiger partial charge in [0.05, 0.1) is 19.4 Å². The Morgan fingerprint density at radius 3 is 2.71 bits per heavy atom. The smallest absolute Gasteiger partial charge is 0.248 e. The van der Waals surface area contributed by atoms with Crippen LogP contribution in [0, 0.1) is 0 Å². The average molecular weight is 415 g/mol. The van der Waals surface area contributed by atoms with Gasteiger partial charge in [-0.1, -0.05) is 12.1 Å². The summed E-state index contributed by atoms with van der Waals surface area (Å²) in [5, 5.41) is 7.15. The summed E-state index contributed by atoms with van der Waals surface area (Å²) in [7, 11) is 1.88. The minimum atomic E-state index is -0.178. The number of morpholine rings is 1. The third-order valence-corrected chi connectivity index (χ3v) is 5.97. The van der Waals surface area contributed by atoms with Crippen LogP contribution in [0.3, 0.4) is 0 Å². The summed E-state index contributed by atoms with van der Waals surface area (Å²) in [6.07, 6.45) is 11.8. The lowest BCUT2D eigenvalue weighted by atomic mass is 9.90. The summed E-state index contributed by atoms with van der Waals surface area (Å²) in [6, 6.07) is 11.1. The second-order valence-electron chi connectivity index (χ2n) is 8.14. The second kappa shape index (κ2) is 8.45. The molecule has 0 saturated carbocycles. The van der Waals surface area contributed by atoms with Crippen LogP contribution < -0.4 is 5.32 Å². The number of benzene rings is 1. The maximum Gasteiger partial charge on any atom is 0.248 e. The number of aromatic nitrogens is 3. The molecule has 2 atom stereocenters. The highest BCUT2D eigenvalue weighted by Crippen LogP contribution is 2.32. The Labute approximate surface area is 181 Å². The fourth-order valence-electron chi connectivity index (χ4n) is 4.29. The van der Waals surface area contributed by atoms with E-state index in [0.29, 0.717) is 12.1 Å². The van der Waals surface area contributed by atoms with E-state index in [1.165, 1.54) is 18.1 Å². The van der Waals surface area contributed by atoms with Crippen LogP contribution in [0.1, 0.15) is 17.5 Å². The van der Waals surface area contributed by atoms with E-state index in [4.69, 9.17) is 4.74 Å². The molecule has 2 fully saturated rings. The van der Waals surface area contributed by atoms with Crippen molar-refractivity contribution in [3.05, 3.63) is 72.3 Å². The van der Waals surface area contributed by atoms with Gasteiger partial charge in [0.1, 0.15) is 0 Å². The van der Waals surface area contributed by atoms with E-state index < -0.39 is 0 Å². The number of nitrogens with one attached hydrogen (secondary N) is 1. The van der Waals surface area contributed by atoms with Crippen molar-refractivity contribution in [3.8, 4) is 11.1 Å². The molecule has 2 aromatic heterocycles. The van der Waals surface area contributed by atoms with Gasteiger partial charge in [-0.15, -0.1) is 0 Å². The quantitative estimate of drug-likeness (QED) is 0.627. The molecular weight excluding hydrogens is 390 g/mol. The van der Waals surface area contributed by atoms with Crippen LogP contribution in [0.4, 0.5) is 5.69 Å². The van der Waals surface area contributed by atoms with Crippen molar-refractivity contribution in [2.75, 3.05) is 18.5 Å². The van der Waals surface area contributed by atoms with Crippen LogP contribution in [0.25, 0.3) is 17.2 Å². The fourth-order valence-corrected chi connectivity index (χ4v) is 4.29. The zero-order chi connectivity index (χ0) is 21.2. The Balaban J connectivity index is 1.21. The first-order chi connectivity index (χ1) is 15.2. The molecule has 2 aliphatic heterocycles. The number of nitrogens with zero attached hydrogens (tertiary/aromatic N) is 4. The number of hydrogen-bond donors (Lipinski definition) is 1. The molecular formula is C24H25N5O2. The Kier molecular flexibility index (Phi) is 5.36. The van der Waals surface area contributed by atoms with Gasteiger partial charge in [-0.3, -0.25) is 19.4 Å². The molecule has 4 heterocycles. The predicted octanol–water partition coefficient (Wildman–Crippen LogP) is 3.11. The van der Waals surface area contributed by atoms with Crippen molar-refractivity contribution in [2.45, 2.75) is 25.0 Å². The third-order valence-electron chi connectivity index (χ3n) is 5.97. The van der Waals surface area contributed by atoms with Crippen LogP contribution >= 0.6 is 0 Å². The predicted molar refractivity (Wildman–Crippen MR) is 119 cm³/mol. The number of aryl methyl sites for hydroxylation is 1. The van der Waals surface area contributed by atoms with Crippen molar-refractivity contribution in [3.63, 3.8) is 0 Å². The number of fused-ring (bicyclic) bond motifs is 2. The van der Waals surface area contributed by atoms with Crippen LogP contribution in [-0.4, -0.2) is 50.9 Å². The summed E-state index contributed by atoms with van der Waals surface area (Å²) in [5.41, 5.74) is 4.87. The molecule has 7 nitrogen and oxygen atoms in total. The average Bonchev–Trinajstić information content (AvgIpc) is 3.24. The van der Waals surface area contributed by atoms with Crippen molar-refractivity contribution in [1.82, 2.24) is 19.7 Å². The van der Waals surface area contributed by atoms with Gasteiger partial charge in [0, 0.05) is 67.2 Å². The minimum absolute atomic E-state index is 0.178. The fraction of sp³-hybridized carbons (Fsp3) is 0.292. The summed E-state index contributed by atoms with van der Waals surface area (Å²) < 4.78 is 7.30. The van der Waals surface area contributed by atoms with E-state index >= 15 is 0 Å². The highest BCUT2D eigenvalue weighted by Gasteiger charge is 2.41. The van der Waals surface area contributed by atoms with Crippen LogP contribution in [-0.2, 0) is 23.1 Å². The van der Waals surface area contributed by atoms with Crippen LogP contribution in [0.2, 0.25) is 0 Å². The topological polar surface area (TPSA) is 72.3 Å². The number of ether oxygens (including phenoxy) is 1. The van der Waals surface area contributed by atoms with Gasteiger partial charge in [-0.05, 0) is 41.8 Å². The number of pyridine rings is 1. The second-order valence-corrected chi connectivity index (χ2v) is 8.14. The SMILES string of the molecule is Cn1cc(-c2ccncc2C=CC(=O)Nc2ccc(CN3C4COCC3C4)cc2)cn1. The molecule has 3 aromatic rings. The molecule has 2 aliphatic rings. The molecule has 2 saturated heterocycles. The van der Waals surface area contributed by atoms with E-state index in [9.17, 15) is 4.79 Å². The Bertz CT molecular complexity index is 1090. The number of amides is 1. The molecule has 1 N–H and O–H groups in total. The lowest BCUT2D eigenvalue weighted by Crippen LogP contribution is -2.62. The summed E-state index contributed by atoms with van der Waals surface area (Å²) in [4.78, 5) is 19.1. The molecule has 0 radical (unpaired) electrons. The van der Waals surface area contributed by atoms with Gasteiger partial charge in [0.2, 0.25) is 5.91 Å². The van der Waals surface area contributed by atoms with Gasteiger partial charge in [0.15, 0.2) is 0 Å². The normalized spacial score (nSPS) is 20.5. The van der Waals surface area contributed by atoms with E-state index in [1.807, 2.05) is 31.4 Å². The number of hydrogen-bond acceptors (Lipinski definition) is 5. The molecule has 2 unspecified atom stereocenters. The van der Waals surface area contributed by atoms with Gasteiger partial charge >= 0.3 is 0 Å². The molecule has 1 amide bonds. The van der Waals surface area contributed by atoms with E-state index in [-0.39, 0.29) is 5.91 Å².